The lowest BCUT2D eigenvalue weighted by Crippen LogP contribution is -2.45. The third kappa shape index (κ3) is 8.70. The number of benzene rings is 2. The van der Waals surface area contributed by atoms with Crippen LogP contribution in [0.2, 0.25) is 0 Å². The smallest absolute Gasteiger partial charge is 0.264 e. The normalized spacial score (nSPS) is 18.9. The van der Waals surface area contributed by atoms with Gasteiger partial charge >= 0.3 is 0 Å². The molecule has 6 rings (SSSR count). The van der Waals surface area contributed by atoms with Crippen molar-refractivity contribution in [1.29, 1.82) is 0 Å². The Morgan fingerprint density at radius 2 is 1.77 bits per heavy atom. The molecule has 2 aromatic heterocycles. The average Bonchev–Trinajstić information content (AvgIpc) is 3.60. The molecule has 2 aliphatic rings. The van der Waals surface area contributed by atoms with Gasteiger partial charge in [0.15, 0.2) is 0 Å². The molecule has 2 aromatic carbocycles. The maximum absolute atomic E-state index is 14.6. The summed E-state index contributed by atoms with van der Waals surface area (Å²) < 4.78 is 42.5. The Hall–Kier alpha value is -4.62. The third-order valence-electron chi connectivity index (χ3n) is 9.38. The van der Waals surface area contributed by atoms with E-state index < -0.39 is 16.1 Å². The standard InChI is InChI=1S/C39H49N7O5S/c1-25(2)45(23-31-14-10-16-50-31)34-21-40-20-29(41-34)22-46-30(19-39(5,6)7)24-51-35-18-33(36-26(3)11-8-12-27(36)4)42-38(43-35)44-52(48,49)32-15-9-13-28(17-32)37(46)47/h8-9,11-13,15,17-18,20-21,25,30-31H,10,14,16,19,22-24H2,1-7H3,(H,42,43,44)/t30-,31?/m1/s1. The number of hydrogen-bond donors (Lipinski definition) is 1. The molecule has 0 radical (unpaired) electrons. The van der Waals surface area contributed by atoms with Crippen LogP contribution in [0.5, 0.6) is 5.88 Å². The van der Waals surface area contributed by atoms with E-state index in [1.807, 2.05) is 32.0 Å². The Labute approximate surface area is 307 Å². The van der Waals surface area contributed by atoms with Gasteiger partial charge in [0.25, 0.3) is 15.9 Å². The third-order valence-corrected chi connectivity index (χ3v) is 10.7. The number of carbonyl (C=O) groups is 1. The number of anilines is 2. The monoisotopic (exact) mass is 727 g/mol. The molecular formula is C39H49N7O5S. The number of hydrogen-bond acceptors (Lipinski definition) is 10. The maximum atomic E-state index is 14.6. The molecule has 276 valence electrons. The van der Waals surface area contributed by atoms with E-state index in [2.05, 4.69) is 59.2 Å². The highest BCUT2D eigenvalue weighted by Gasteiger charge is 2.32. The number of nitrogens with one attached hydrogen (secondary N) is 1. The molecule has 1 unspecified atom stereocenters. The number of fused-ring (bicyclic) bond motifs is 4. The van der Waals surface area contributed by atoms with Crippen LogP contribution in [0.4, 0.5) is 11.8 Å². The Bertz CT molecular complexity index is 2010. The number of rotatable bonds is 8. The van der Waals surface area contributed by atoms with Gasteiger partial charge in [-0.1, -0.05) is 45.0 Å². The molecule has 0 spiro atoms. The molecular weight excluding hydrogens is 679 g/mol. The van der Waals surface area contributed by atoms with Crippen LogP contribution >= 0.6 is 0 Å². The highest BCUT2D eigenvalue weighted by Crippen LogP contribution is 2.32. The lowest BCUT2D eigenvalue weighted by atomic mass is 9.87. The van der Waals surface area contributed by atoms with E-state index in [-0.39, 0.29) is 58.9 Å². The lowest BCUT2D eigenvalue weighted by Gasteiger charge is -2.36. The molecule has 2 aliphatic heterocycles. The van der Waals surface area contributed by atoms with Crippen LogP contribution in [-0.2, 0) is 21.3 Å². The summed E-state index contributed by atoms with van der Waals surface area (Å²) in [5.41, 5.74) is 3.93. The minimum absolute atomic E-state index is 0.0857. The van der Waals surface area contributed by atoms with Gasteiger partial charge in [-0.2, -0.15) is 4.98 Å². The van der Waals surface area contributed by atoms with Crippen molar-refractivity contribution >= 4 is 27.7 Å². The molecule has 4 aromatic rings. The SMILES string of the molecule is Cc1cccc(C)c1-c1cc2nc(n1)NS(=O)(=O)c1cccc(c1)C(=O)N(Cc1cncc(N(CC3CCCO3)C(C)C)n1)[C@H](CC(C)(C)C)CO2. The van der Waals surface area contributed by atoms with Crippen LogP contribution in [-0.4, -0.2) is 77.1 Å². The van der Waals surface area contributed by atoms with Gasteiger partial charge in [-0.25, -0.2) is 23.1 Å². The second kappa shape index (κ2) is 15.2. The van der Waals surface area contributed by atoms with Crippen LogP contribution < -0.4 is 14.4 Å². The van der Waals surface area contributed by atoms with Gasteiger partial charge in [0.1, 0.15) is 12.4 Å². The predicted octanol–water partition coefficient (Wildman–Crippen LogP) is 6.58. The summed E-state index contributed by atoms with van der Waals surface area (Å²) in [6, 6.07) is 13.4. The molecule has 1 saturated heterocycles. The summed E-state index contributed by atoms with van der Waals surface area (Å²) in [5, 5.41) is 0. The number of carbonyl (C=O) groups excluding carboxylic acids is 1. The Balaban J connectivity index is 1.44. The van der Waals surface area contributed by atoms with Crippen molar-refractivity contribution in [3.05, 3.63) is 83.3 Å². The largest absolute Gasteiger partial charge is 0.475 e. The van der Waals surface area contributed by atoms with Crippen molar-refractivity contribution in [1.82, 2.24) is 24.8 Å². The highest BCUT2D eigenvalue weighted by atomic mass is 32.2. The molecule has 12 nitrogen and oxygen atoms in total. The zero-order valence-corrected chi connectivity index (χ0v) is 31.9. The minimum Gasteiger partial charge on any atom is -0.475 e. The number of amides is 1. The van der Waals surface area contributed by atoms with Crippen LogP contribution in [0.15, 0.2) is 65.8 Å². The van der Waals surface area contributed by atoms with Crippen molar-refractivity contribution in [2.75, 3.05) is 29.4 Å². The number of ether oxygens (including phenoxy) is 2. The summed E-state index contributed by atoms with van der Waals surface area (Å²) in [7, 11) is -4.19. The maximum Gasteiger partial charge on any atom is 0.264 e. The van der Waals surface area contributed by atoms with Crippen LogP contribution in [0.1, 0.15) is 81.1 Å². The molecule has 13 heteroatoms. The highest BCUT2D eigenvalue weighted by molar-refractivity contribution is 7.92. The first-order chi connectivity index (χ1) is 24.7. The van der Waals surface area contributed by atoms with Gasteiger partial charge in [0.2, 0.25) is 11.8 Å². The fourth-order valence-corrected chi connectivity index (χ4v) is 7.90. The second-order valence-corrected chi connectivity index (χ2v) is 16.9. The predicted molar refractivity (Wildman–Crippen MR) is 201 cm³/mol. The quantitative estimate of drug-likeness (QED) is 0.212. The lowest BCUT2D eigenvalue weighted by molar-refractivity contribution is 0.0509. The van der Waals surface area contributed by atoms with E-state index in [0.29, 0.717) is 30.2 Å². The molecule has 1 fully saturated rings. The number of nitrogens with zero attached hydrogens (tertiary/aromatic N) is 6. The van der Waals surface area contributed by atoms with E-state index in [9.17, 15) is 13.2 Å². The van der Waals surface area contributed by atoms with E-state index in [4.69, 9.17) is 14.5 Å². The van der Waals surface area contributed by atoms with Gasteiger partial charge in [-0.05, 0) is 81.7 Å². The summed E-state index contributed by atoms with van der Waals surface area (Å²) in [6.07, 6.45) is 6.15. The molecule has 2 atom stereocenters. The van der Waals surface area contributed by atoms with Gasteiger partial charge < -0.3 is 19.3 Å². The van der Waals surface area contributed by atoms with Gasteiger partial charge in [0, 0.05) is 36.4 Å². The first-order valence-electron chi connectivity index (χ1n) is 17.9. The Kier molecular flexibility index (Phi) is 10.8. The van der Waals surface area contributed by atoms with Gasteiger partial charge in [-0.3, -0.25) is 9.78 Å². The fraction of sp³-hybridized carbons (Fsp3) is 0.462. The molecule has 0 saturated carbocycles. The average molecular weight is 728 g/mol. The Morgan fingerprint density at radius 3 is 2.46 bits per heavy atom. The summed E-state index contributed by atoms with van der Waals surface area (Å²) >= 11 is 0. The van der Waals surface area contributed by atoms with E-state index in [1.165, 1.54) is 12.1 Å². The minimum atomic E-state index is -4.19. The van der Waals surface area contributed by atoms with E-state index >= 15 is 0 Å². The van der Waals surface area contributed by atoms with Crippen LogP contribution in [0.3, 0.4) is 0 Å². The fourth-order valence-electron chi connectivity index (χ4n) is 6.91. The summed E-state index contributed by atoms with van der Waals surface area (Å²) in [6.45, 7) is 16.2. The number of aromatic nitrogens is 4. The molecule has 52 heavy (non-hydrogen) atoms. The first-order valence-corrected chi connectivity index (χ1v) is 19.4. The van der Waals surface area contributed by atoms with E-state index in [1.54, 1.807) is 35.5 Å². The van der Waals surface area contributed by atoms with Gasteiger partial charge in [0.05, 0.1) is 47.4 Å². The number of aryl methyl sites for hydroxylation is 2. The summed E-state index contributed by atoms with van der Waals surface area (Å²) in [5.74, 6) is 0.415. The van der Waals surface area contributed by atoms with Crippen LogP contribution in [0, 0.1) is 19.3 Å². The molecule has 1 N–H and O–H groups in total. The summed E-state index contributed by atoms with van der Waals surface area (Å²) in [4.78, 5) is 37.2. The molecule has 0 aliphatic carbocycles. The van der Waals surface area contributed by atoms with Crippen LogP contribution in [0.25, 0.3) is 11.3 Å². The zero-order chi connectivity index (χ0) is 37.2. The molecule has 4 bridgehead atoms. The second-order valence-electron chi connectivity index (χ2n) is 15.2. The Morgan fingerprint density at radius 1 is 1.02 bits per heavy atom. The van der Waals surface area contributed by atoms with Crippen molar-refractivity contribution in [3.63, 3.8) is 0 Å². The zero-order valence-electron chi connectivity index (χ0n) is 31.1. The van der Waals surface area contributed by atoms with Crippen molar-refractivity contribution < 1.29 is 22.7 Å². The number of sulfonamides is 1. The van der Waals surface area contributed by atoms with Gasteiger partial charge in [-0.15, -0.1) is 0 Å². The topological polar surface area (TPSA) is 140 Å². The van der Waals surface area contributed by atoms with Crippen molar-refractivity contribution in [3.8, 4) is 17.1 Å². The molecule has 1 amide bonds. The van der Waals surface area contributed by atoms with Crippen molar-refractivity contribution in [2.24, 2.45) is 5.41 Å². The first kappa shape index (κ1) is 37.1. The van der Waals surface area contributed by atoms with E-state index in [0.717, 1.165) is 36.1 Å². The molecule has 4 heterocycles. The van der Waals surface area contributed by atoms with Crippen molar-refractivity contribution in [2.45, 2.75) is 97.4 Å².